The number of carbonyl (C=O) groups is 1. The highest BCUT2D eigenvalue weighted by Crippen LogP contribution is 2.35. The van der Waals surface area contributed by atoms with E-state index in [1.165, 1.54) is 4.90 Å². The zero-order chi connectivity index (χ0) is 17.3. The summed E-state index contributed by atoms with van der Waals surface area (Å²) < 4.78 is 0. The smallest absolute Gasteiger partial charge is 0.231 e. The van der Waals surface area contributed by atoms with E-state index in [9.17, 15) is 4.79 Å². The predicted octanol–water partition coefficient (Wildman–Crippen LogP) is 2.25. The number of nitrogens with two attached hydrogens (primary N) is 1. The minimum Gasteiger partial charge on any atom is -0.350 e. The maximum absolute atomic E-state index is 12.2. The van der Waals surface area contributed by atoms with E-state index in [-0.39, 0.29) is 17.8 Å². The number of benzene rings is 1. The summed E-state index contributed by atoms with van der Waals surface area (Å²) in [6.07, 6.45) is 7.73. The second kappa shape index (κ2) is 6.24. The van der Waals surface area contributed by atoms with Gasteiger partial charge in [-0.25, -0.2) is 0 Å². The Bertz CT molecular complexity index is 717. The first-order chi connectivity index (χ1) is 11.4. The van der Waals surface area contributed by atoms with Crippen LogP contribution in [-0.2, 0) is 11.3 Å². The van der Waals surface area contributed by atoms with E-state index in [2.05, 4.69) is 35.7 Å². The summed E-state index contributed by atoms with van der Waals surface area (Å²) in [6, 6.07) is 8.23. The molecule has 1 amide bonds. The molecule has 0 unspecified atom stereocenters. The molecule has 1 aliphatic carbocycles. The molecule has 0 spiro atoms. The lowest BCUT2D eigenvalue weighted by Crippen LogP contribution is -2.62. The van der Waals surface area contributed by atoms with Crippen molar-refractivity contribution in [1.82, 2.24) is 10.2 Å². The van der Waals surface area contributed by atoms with E-state index >= 15 is 0 Å². The summed E-state index contributed by atoms with van der Waals surface area (Å²) in [5, 5.41) is 11.2. The second-order valence-electron chi connectivity index (χ2n) is 6.79. The SMILES string of the molecule is CN1C(=N)N[C@](C)([C@H]2C=C(c3cccc(CN)c3)C=CC2)CC1=O. The van der Waals surface area contributed by atoms with Gasteiger partial charge in [0.1, 0.15) is 0 Å². The lowest BCUT2D eigenvalue weighted by molar-refractivity contribution is -0.129. The molecule has 1 aromatic carbocycles. The number of hydrogen-bond acceptors (Lipinski definition) is 3. The molecule has 0 bridgehead atoms. The molecule has 2 atom stereocenters. The van der Waals surface area contributed by atoms with Crippen LogP contribution in [0.15, 0.2) is 42.5 Å². The van der Waals surface area contributed by atoms with Gasteiger partial charge in [0.05, 0.1) is 12.0 Å². The number of allylic oxidation sites excluding steroid dienone is 3. The van der Waals surface area contributed by atoms with Crippen molar-refractivity contribution >= 4 is 17.4 Å². The molecule has 1 aliphatic heterocycles. The Morgan fingerprint density at radius 3 is 2.96 bits per heavy atom. The molecule has 1 heterocycles. The van der Waals surface area contributed by atoms with Crippen LogP contribution in [0.4, 0.5) is 0 Å². The molecule has 1 aromatic rings. The van der Waals surface area contributed by atoms with E-state index in [0.29, 0.717) is 13.0 Å². The van der Waals surface area contributed by atoms with Crippen molar-refractivity contribution < 1.29 is 4.79 Å². The van der Waals surface area contributed by atoms with Crippen molar-refractivity contribution in [2.24, 2.45) is 11.7 Å². The Labute approximate surface area is 142 Å². The molecule has 4 N–H and O–H groups in total. The monoisotopic (exact) mass is 324 g/mol. The van der Waals surface area contributed by atoms with Gasteiger partial charge in [-0.15, -0.1) is 0 Å². The van der Waals surface area contributed by atoms with Crippen molar-refractivity contribution in [3.63, 3.8) is 0 Å². The van der Waals surface area contributed by atoms with Gasteiger partial charge >= 0.3 is 0 Å². The van der Waals surface area contributed by atoms with E-state index in [1.807, 2.05) is 19.1 Å². The van der Waals surface area contributed by atoms with Crippen LogP contribution in [0.25, 0.3) is 5.57 Å². The lowest BCUT2D eigenvalue weighted by Gasteiger charge is -2.44. The molecule has 0 saturated carbocycles. The molecule has 3 rings (SSSR count). The van der Waals surface area contributed by atoms with Gasteiger partial charge in [-0.05, 0) is 36.1 Å². The Balaban J connectivity index is 1.89. The number of nitrogens with zero attached hydrogens (tertiary/aromatic N) is 1. The van der Waals surface area contributed by atoms with E-state index in [0.717, 1.165) is 23.1 Å². The third-order valence-electron chi connectivity index (χ3n) is 5.01. The maximum atomic E-state index is 12.2. The number of nitrogens with one attached hydrogen (secondary N) is 2. The highest BCUT2D eigenvalue weighted by Gasteiger charge is 2.41. The zero-order valence-electron chi connectivity index (χ0n) is 14.2. The molecule has 0 radical (unpaired) electrons. The van der Waals surface area contributed by atoms with Gasteiger partial charge in [-0.2, -0.15) is 0 Å². The standard InChI is InChI=1S/C19H24N4O/c1-19(11-17(24)23(2)18(21)22-19)16-8-4-7-15(10-16)14-6-3-5-13(9-14)12-20/h3-7,9-10,16H,8,11-12,20H2,1-2H3,(H2,21,22)/t16-,19+/m1/s1. The van der Waals surface area contributed by atoms with Gasteiger partial charge in [0.2, 0.25) is 5.91 Å². The fourth-order valence-corrected chi connectivity index (χ4v) is 3.38. The van der Waals surface area contributed by atoms with Crippen LogP contribution in [0.1, 0.15) is 30.9 Å². The summed E-state index contributed by atoms with van der Waals surface area (Å²) in [7, 11) is 1.64. The summed E-state index contributed by atoms with van der Waals surface area (Å²) in [5.74, 6) is 0.302. The molecule has 1 saturated heterocycles. The van der Waals surface area contributed by atoms with Gasteiger partial charge in [0.25, 0.3) is 0 Å². The predicted molar refractivity (Wildman–Crippen MR) is 96.2 cm³/mol. The molecular formula is C19H24N4O. The average molecular weight is 324 g/mol. The van der Waals surface area contributed by atoms with Gasteiger partial charge < -0.3 is 11.1 Å². The molecule has 5 heteroatoms. The molecule has 126 valence electrons. The number of hydrogen-bond donors (Lipinski definition) is 3. The summed E-state index contributed by atoms with van der Waals surface area (Å²) >= 11 is 0. The van der Waals surface area contributed by atoms with Crippen molar-refractivity contribution in [1.29, 1.82) is 5.41 Å². The van der Waals surface area contributed by atoms with Crippen molar-refractivity contribution in [2.45, 2.75) is 31.8 Å². The maximum Gasteiger partial charge on any atom is 0.231 e. The van der Waals surface area contributed by atoms with E-state index in [1.54, 1.807) is 7.05 Å². The van der Waals surface area contributed by atoms with Crippen molar-refractivity contribution in [3.8, 4) is 0 Å². The van der Waals surface area contributed by atoms with Crippen LogP contribution in [0, 0.1) is 11.3 Å². The van der Waals surface area contributed by atoms with Crippen LogP contribution in [0.5, 0.6) is 0 Å². The van der Waals surface area contributed by atoms with E-state index in [4.69, 9.17) is 11.1 Å². The van der Waals surface area contributed by atoms with Gasteiger partial charge in [0.15, 0.2) is 5.96 Å². The topological polar surface area (TPSA) is 82.2 Å². The van der Waals surface area contributed by atoms with Crippen molar-refractivity contribution in [2.75, 3.05) is 7.05 Å². The largest absolute Gasteiger partial charge is 0.350 e. The highest BCUT2D eigenvalue weighted by molar-refractivity contribution is 5.98. The minimum atomic E-state index is -0.442. The Morgan fingerprint density at radius 1 is 1.46 bits per heavy atom. The third-order valence-corrected chi connectivity index (χ3v) is 5.01. The van der Waals surface area contributed by atoms with Gasteiger partial charge in [-0.3, -0.25) is 15.1 Å². The fraction of sp³-hybridized carbons (Fsp3) is 0.368. The average Bonchev–Trinajstić information content (AvgIpc) is 2.60. The quantitative estimate of drug-likeness (QED) is 0.797. The van der Waals surface area contributed by atoms with Crippen LogP contribution < -0.4 is 11.1 Å². The number of amides is 1. The molecule has 24 heavy (non-hydrogen) atoms. The minimum absolute atomic E-state index is 0.0177. The normalized spacial score (nSPS) is 27.0. The Kier molecular flexibility index (Phi) is 4.28. The highest BCUT2D eigenvalue weighted by atomic mass is 16.2. The third kappa shape index (κ3) is 2.99. The second-order valence-corrected chi connectivity index (χ2v) is 6.79. The number of carbonyl (C=O) groups excluding carboxylic acids is 1. The first-order valence-corrected chi connectivity index (χ1v) is 8.24. The number of guanidine groups is 1. The molecule has 0 aromatic heterocycles. The van der Waals surface area contributed by atoms with E-state index < -0.39 is 5.54 Å². The first-order valence-electron chi connectivity index (χ1n) is 8.24. The summed E-state index contributed by atoms with van der Waals surface area (Å²) in [6.45, 7) is 2.55. The molecule has 5 nitrogen and oxygen atoms in total. The van der Waals surface area contributed by atoms with Crippen molar-refractivity contribution in [3.05, 3.63) is 53.6 Å². The molecule has 2 aliphatic rings. The first kappa shape index (κ1) is 16.5. The summed E-state index contributed by atoms with van der Waals surface area (Å²) in [4.78, 5) is 13.6. The molecular weight excluding hydrogens is 300 g/mol. The van der Waals surface area contributed by atoms with Crippen LogP contribution in [-0.4, -0.2) is 29.4 Å². The van der Waals surface area contributed by atoms with Gasteiger partial charge in [-0.1, -0.05) is 36.4 Å². The fourth-order valence-electron chi connectivity index (χ4n) is 3.38. The Morgan fingerprint density at radius 2 is 2.25 bits per heavy atom. The van der Waals surface area contributed by atoms with Crippen LogP contribution in [0.3, 0.4) is 0 Å². The molecule has 1 fully saturated rings. The van der Waals surface area contributed by atoms with Gasteiger partial charge in [0, 0.05) is 19.5 Å². The Hall–Kier alpha value is -2.40. The zero-order valence-corrected chi connectivity index (χ0v) is 14.2. The summed E-state index contributed by atoms with van der Waals surface area (Å²) in [5.41, 5.74) is 8.68. The number of rotatable bonds is 3. The lowest BCUT2D eigenvalue weighted by atomic mass is 9.76. The van der Waals surface area contributed by atoms with Crippen LogP contribution in [0.2, 0.25) is 0 Å². The van der Waals surface area contributed by atoms with Crippen LogP contribution >= 0.6 is 0 Å².